The highest BCUT2D eigenvalue weighted by molar-refractivity contribution is 5.66. The summed E-state index contributed by atoms with van der Waals surface area (Å²) in [7, 11) is 0. The topological polar surface area (TPSA) is 137 Å². The number of carbonyl (C=O) groups is 1. The maximum atomic E-state index is 10.3. The molecule has 0 bridgehead atoms. The molecule has 0 saturated carbocycles. The first kappa shape index (κ1) is 33.2. The summed E-state index contributed by atoms with van der Waals surface area (Å²) in [6.45, 7) is 4.17. The van der Waals surface area contributed by atoms with E-state index in [4.69, 9.17) is 19.7 Å². The molecule has 8 nitrogen and oxygen atoms in total. The Morgan fingerprint density at radius 3 is 1.65 bits per heavy atom. The monoisotopic (exact) mass is 492 g/mol. The second-order valence-electron chi connectivity index (χ2n) is 9.30. The molecule has 0 spiro atoms. The van der Waals surface area contributed by atoms with Crippen LogP contribution in [0.3, 0.4) is 0 Å². The fraction of sp³-hybridized carbons (Fsp3) is 0.962. The predicted octanol–water partition coefficient (Wildman–Crippen LogP) is 4.16. The van der Waals surface area contributed by atoms with Gasteiger partial charge < -0.3 is 35.0 Å². The standard InChI is InChI=1S/C16H32O2.C10H20O6/c1-2-3-4-5-6-7-8-9-10-11-12-13-14-15-16(17)18;1-2-3-4-15-9-8(13)7(12)6(5-11)16-10(9)14/h2-15H2,1H3,(H,17,18);6-14H,2-5H2,1H3/t;6-,7-,8+,9-,10?/m.1/s1. The minimum Gasteiger partial charge on any atom is -0.481 e. The highest BCUT2D eigenvalue weighted by Crippen LogP contribution is 2.22. The summed E-state index contributed by atoms with van der Waals surface area (Å²) in [4.78, 5) is 10.3. The van der Waals surface area contributed by atoms with Gasteiger partial charge in [0.1, 0.15) is 24.4 Å². The summed E-state index contributed by atoms with van der Waals surface area (Å²) in [5, 5.41) is 46.1. The number of aliphatic hydroxyl groups excluding tert-OH is 4. The van der Waals surface area contributed by atoms with Gasteiger partial charge in [-0.05, 0) is 12.8 Å². The molecule has 5 N–H and O–H groups in total. The Labute approximate surface area is 206 Å². The summed E-state index contributed by atoms with van der Waals surface area (Å²) in [6, 6.07) is 0. The molecule has 1 rings (SSSR count). The predicted molar refractivity (Wildman–Crippen MR) is 133 cm³/mol. The van der Waals surface area contributed by atoms with Crippen LogP contribution in [0.4, 0.5) is 0 Å². The minimum atomic E-state index is -1.33. The molecule has 204 valence electrons. The summed E-state index contributed by atoms with van der Waals surface area (Å²) in [5.74, 6) is -0.655. The fourth-order valence-corrected chi connectivity index (χ4v) is 3.91. The van der Waals surface area contributed by atoms with Gasteiger partial charge in [0.2, 0.25) is 0 Å². The van der Waals surface area contributed by atoms with Crippen LogP contribution in [0.2, 0.25) is 0 Å². The van der Waals surface area contributed by atoms with Gasteiger partial charge in [-0.1, -0.05) is 97.3 Å². The molecule has 0 amide bonds. The summed E-state index contributed by atoms with van der Waals surface area (Å²) < 4.78 is 10.2. The zero-order valence-corrected chi connectivity index (χ0v) is 21.6. The van der Waals surface area contributed by atoms with Gasteiger partial charge in [0, 0.05) is 13.0 Å². The fourth-order valence-electron chi connectivity index (χ4n) is 3.91. The van der Waals surface area contributed by atoms with Crippen LogP contribution in [-0.4, -0.2) is 75.4 Å². The van der Waals surface area contributed by atoms with Gasteiger partial charge in [-0.15, -0.1) is 0 Å². The lowest BCUT2D eigenvalue weighted by Crippen LogP contribution is -2.59. The van der Waals surface area contributed by atoms with Crippen LogP contribution >= 0.6 is 0 Å². The van der Waals surface area contributed by atoms with Crippen LogP contribution in [-0.2, 0) is 14.3 Å². The number of hydrogen-bond acceptors (Lipinski definition) is 7. The summed E-state index contributed by atoms with van der Waals surface area (Å²) >= 11 is 0. The van der Waals surface area contributed by atoms with Crippen molar-refractivity contribution in [1.82, 2.24) is 0 Å². The Balaban J connectivity index is 0.000000644. The van der Waals surface area contributed by atoms with Crippen molar-refractivity contribution in [2.75, 3.05) is 13.2 Å². The van der Waals surface area contributed by atoms with E-state index in [9.17, 15) is 20.1 Å². The average molecular weight is 493 g/mol. The van der Waals surface area contributed by atoms with E-state index in [1.54, 1.807) is 0 Å². The van der Waals surface area contributed by atoms with Crippen molar-refractivity contribution in [3.8, 4) is 0 Å². The minimum absolute atomic E-state index is 0.345. The number of aliphatic carboxylic acids is 1. The first-order valence-electron chi connectivity index (χ1n) is 13.5. The lowest BCUT2D eigenvalue weighted by molar-refractivity contribution is -0.296. The third-order valence-corrected chi connectivity index (χ3v) is 6.15. The largest absolute Gasteiger partial charge is 0.481 e. The molecule has 0 aromatic heterocycles. The molecule has 0 radical (unpaired) electrons. The van der Waals surface area contributed by atoms with Crippen molar-refractivity contribution in [3.63, 3.8) is 0 Å². The molecular formula is C26H52O8. The van der Waals surface area contributed by atoms with E-state index in [0.29, 0.717) is 13.0 Å². The smallest absolute Gasteiger partial charge is 0.303 e. The second kappa shape index (κ2) is 22.7. The molecule has 0 aromatic carbocycles. The maximum absolute atomic E-state index is 10.3. The molecule has 34 heavy (non-hydrogen) atoms. The lowest BCUT2D eigenvalue weighted by Gasteiger charge is -2.39. The summed E-state index contributed by atoms with van der Waals surface area (Å²) in [6.07, 6.45) is 13.2. The molecule has 1 unspecified atom stereocenters. The van der Waals surface area contributed by atoms with Crippen LogP contribution in [0.1, 0.15) is 117 Å². The highest BCUT2D eigenvalue weighted by atomic mass is 16.7. The number of carboxylic acids is 1. The number of carboxylic acid groups (broad SMARTS) is 1. The number of aliphatic hydroxyl groups is 4. The Morgan fingerprint density at radius 2 is 1.21 bits per heavy atom. The average Bonchev–Trinajstić information content (AvgIpc) is 2.81. The van der Waals surface area contributed by atoms with Crippen molar-refractivity contribution in [2.24, 2.45) is 0 Å². The van der Waals surface area contributed by atoms with Crippen LogP contribution in [0.15, 0.2) is 0 Å². The number of unbranched alkanes of at least 4 members (excludes halogenated alkanes) is 13. The van der Waals surface area contributed by atoms with Crippen LogP contribution < -0.4 is 0 Å². The molecule has 1 aliphatic rings. The molecule has 1 aliphatic heterocycles. The van der Waals surface area contributed by atoms with Crippen molar-refractivity contribution >= 4 is 5.97 Å². The molecule has 0 aromatic rings. The quantitative estimate of drug-likeness (QED) is 0.170. The van der Waals surface area contributed by atoms with E-state index in [0.717, 1.165) is 25.7 Å². The Kier molecular flexibility index (Phi) is 22.2. The zero-order chi connectivity index (χ0) is 25.6. The van der Waals surface area contributed by atoms with Gasteiger partial charge in [-0.3, -0.25) is 4.79 Å². The van der Waals surface area contributed by atoms with Crippen LogP contribution in [0, 0.1) is 0 Å². The molecule has 8 heteroatoms. The summed E-state index contributed by atoms with van der Waals surface area (Å²) in [5.41, 5.74) is 0. The van der Waals surface area contributed by atoms with Crippen molar-refractivity contribution < 1.29 is 39.8 Å². The molecular weight excluding hydrogens is 440 g/mol. The number of rotatable bonds is 19. The SMILES string of the molecule is CCCCCCCCCCCCCCCC(=O)O.CCCCO[C@H]1C(O)O[C@H](CO)[C@@H](O)[C@@H]1O. The highest BCUT2D eigenvalue weighted by Gasteiger charge is 2.44. The van der Waals surface area contributed by atoms with Gasteiger partial charge in [0.05, 0.1) is 6.61 Å². The molecule has 5 atom stereocenters. The van der Waals surface area contributed by atoms with Gasteiger partial charge in [-0.25, -0.2) is 0 Å². The Bertz CT molecular complexity index is 462. The van der Waals surface area contributed by atoms with Crippen molar-refractivity contribution in [3.05, 3.63) is 0 Å². The van der Waals surface area contributed by atoms with E-state index >= 15 is 0 Å². The maximum Gasteiger partial charge on any atom is 0.303 e. The molecule has 1 heterocycles. The van der Waals surface area contributed by atoms with E-state index in [1.165, 1.54) is 70.6 Å². The van der Waals surface area contributed by atoms with E-state index in [-0.39, 0.29) is 0 Å². The van der Waals surface area contributed by atoms with E-state index in [2.05, 4.69) is 6.92 Å². The van der Waals surface area contributed by atoms with Gasteiger partial charge in [0.25, 0.3) is 0 Å². The Morgan fingerprint density at radius 1 is 0.735 bits per heavy atom. The molecule has 1 fully saturated rings. The van der Waals surface area contributed by atoms with Gasteiger partial charge in [0.15, 0.2) is 6.29 Å². The number of ether oxygens (including phenoxy) is 2. The van der Waals surface area contributed by atoms with Crippen molar-refractivity contribution in [1.29, 1.82) is 0 Å². The lowest BCUT2D eigenvalue weighted by atomic mass is 9.99. The first-order chi connectivity index (χ1) is 16.4. The third-order valence-electron chi connectivity index (χ3n) is 6.15. The van der Waals surface area contributed by atoms with Crippen LogP contribution in [0.25, 0.3) is 0 Å². The van der Waals surface area contributed by atoms with Gasteiger partial charge in [-0.2, -0.15) is 0 Å². The van der Waals surface area contributed by atoms with E-state index < -0.39 is 43.3 Å². The van der Waals surface area contributed by atoms with Gasteiger partial charge >= 0.3 is 5.97 Å². The third kappa shape index (κ3) is 16.8. The normalized spacial score (nSPS) is 24.5. The molecule has 0 aliphatic carbocycles. The van der Waals surface area contributed by atoms with E-state index in [1.807, 2.05) is 6.92 Å². The molecule has 1 saturated heterocycles. The number of hydrogen-bond donors (Lipinski definition) is 5. The second-order valence-corrected chi connectivity index (χ2v) is 9.30. The Hall–Kier alpha value is -0.770. The zero-order valence-electron chi connectivity index (χ0n) is 21.6. The van der Waals surface area contributed by atoms with Crippen molar-refractivity contribution in [2.45, 2.75) is 147 Å². The van der Waals surface area contributed by atoms with Crippen LogP contribution in [0.5, 0.6) is 0 Å². The first-order valence-corrected chi connectivity index (χ1v) is 13.5.